The van der Waals surface area contributed by atoms with Crippen LogP contribution in [0, 0.1) is 46.3 Å². The average Bonchev–Trinajstić information content (AvgIpc) is 3.01. The second-order valence-electron chi connectivity index (χ2n) is 12.5. The van der Waals surface area contributed by atoms with Gasteiger partial charge in [0.2, 0.25) is 0 Å². The van der Waals surface area contributed by atoms with Gasteiger partial charge >= 0.3 is 0 Å². The molecule has 4 aliphatic carbocycles. The fourth-order valence-electron chi connectivity index (χ4n) is 9.15. The molecule has 166 valence electrons. The minimum absolute atomic E-state index is 0.154. The second kappa shape index (κ2) is 7.64. The molecule has 2 nitrogen and oxygen atoms in total. The summed E-state index contributed by atoms with van der Waals surface area (Å²) >= 11 is 0. The third-order valence-electron chi connectivity index (χ3n) is 10.8. The van der Waals surface area contributed by atoms with Crippen LogP contribution in [0.25, 0.3) is 0 Å². The van der Waals surface area contributed by atoms with Crippen molar-refractivity contribution in [2.24, 2.45) is 46.3 Å². The topological polar surface area (TPSA) is 37.3 Å². The monoisotopic (exact) mass is 402 g/mol. The van der Waals surface area contributed by atoms with E-state index < -0.39 is 5.60 Å². The summed E-state index contributed by atoms with van der Waals surface area (Å²) in [5, 5.41) is 11.5. The molecule has 0 aromatic rings. The molecular weight excluding hydrogens is 356 g/mol. The summed E-state index contributed by atoms with van der Waals surface area (Å²) in [5.74, 6) is 4.80. The Morgan fingerprint density at radius 1 is 0.966 bits per heavy atom. The summed E-state index contributed by atoms with van der Waals surface area (Å²) in [4.78, 5) is 12.8. The highest BCUT2D eigenvalue weighted by atomic mass is 16.3. The molecule has 0 amide bonds. The molecule has 4 saturated carbocycles. The van der Waals surface area contributed by atoms with Crippen LogP contribution in [0.2, 0.25) is 0 Å². The van der Waals surface area contributed by atoms with Crippen molar-refractivity contribution in [2.75, 3.05) is 0 Å². The van der Waals surface area contributed by atoms with E-state index in [9.17, 15) is 9.90 Å². The molecule has 0 aromatic heterocycles. The molecular formula is C27H46O2. The number of carbonyl (C=O) groups excluding carboxylic acids is 1. The molecule has 0 aliphatic heterocycles. The van der Waals surface area contributed by atoms with Gasteiger partial charge in [-0.15, -0.1) is 0 Å². The highest BCUT2D eigenvalue weighted by Crippen LogP contribution is 2.68. The summed E-state index contributed by atoms with van der Waals surface area (Å²) in [5.41, 5.74) is -0.710. The first-order valence-electron chi connectivity index (χ1n) is 12.9. The van der Waals surface area contributed by atoms with E-state index in [0.29, 0.717) is 17.8 Å². The van der Waals surface area contributed by atoms with Crippen molar-refractivity contribution < 1.29 is 9.90 Å². The predicted octanol–water partition coefficient (Wildman–Crippen LogP) is 6.79. The Labute approximate surface area is 179 Å². The summed E-state index contributed by atoms with van der Waals surface area (Å²) in [7, 11) is 0. The van der Waals surface area contributed by atoms with Gasteiger partial charge < -0.3 is 5.11 Å². The normalized spacial score (nSPS) is 48.2. The van der Waals surface area contributed by atoms with Gasteiger partial charge in [0, 0.05) is 11.8 Å². The molecule has 0 bridgehead atoms. The lowest BCUT2D eigenvalue weighted by Crippen LogP contribution is -2.64. The third-order valence-corrected chi connectivity index (χ3v) is 10.8. The van der Waals surface area contributed by atoms with Crippen LogP contribution in [0.1, 0.15) is 112 Å². The predicted molar refractivity (Wildman–Crippen MR) is 120 cm³/mol. The van der Waals surface area contributed by atoms with E-state index in [1.54, 1.807) is 0 Å². The molecule has 1 N–H and O–H groups in total. The molecule has 0 saturated heterocycles. The van der Waals surface area contributed by atoms with Gasteiger partial charge in [-0.05, 0) is 92.3 Å². The van der Waals surface area contributed by atoms with Gasteiger partial charge in [-0.25, -0.2) is 0 Å². The van der Waals surface area contributed by atoms with Crippen LogP contribution in [0.3, 0.4) is 0 Å². The van der Waals surface area contributed by atoms with Gasteiger partial charge in [0.25, 0.3) is 0 Å². The molecule has 6 unspecified atom stereocenters. The van der Waals surface area contributed by atoms with E-state index in [0.717, 1.165) is 55.3 Å². The van der Waals surface area contributed by atoms with E-state index in [4.69, 9.17) is 0 Å². The van der Waals surface area contributed by atoms with Crippen molar-refractivity contribution in [1.82, 2.24) is 0 Å². The fourth-order valence-corrected chi connectivity index (χ4v) is 9.15. The first kappa shape index (κ1) is 21.8. The Hall–Kier alpha value is -0.370. The maximum atomic E-state index is 12.8. The molecule has 0 radical (unpaired) electrons. The van der Waals surface area contributed by atoms with Crippen molar-refractivity contribution in [3.63, 3.8) is 0 Å². The van der Waals surface area contributed by atoms with E-state index in [2.05, 4.69) is 34.6 Å². The minimum Gasteiger partial charge on any atom is -0.381 e. The van der Waals surface area contributed by atoms with Gasteiger partial charge in [0.15, 0.2) is 5.78 Å². The number of hydrogen-bond donors (Lipinski definition) is 1. The maximum absolute atomic E-state index is 12.8. The summed E-state index contributed by atoms with van der Waals surface area (Å²) in [6.45, 7) is 12.1. The van der Waals surface area contributed by atoms with Crippen LogP contribution in [-0.4, -0.2) is 16.5 Å². The van der Waals surface area contributed by atoms with Crippen LogP contribution in [0.5, 0.6) is 0 Å². The van der Waals surface area contributed by atoms with Gasteiger partial charge in [-0.1, -0.05) is 53.9 Å². The maximum Gasteiger partial charge on any atom is 0.164 e. The Morgan fingerprint density at radius 2 is 1.72 bits per heavy atom. The van der Waals surface area contributed by atoms with Gasteiger partial charge in [-0.3, -0.25) is 4.79 Å². The molecule has 4 rings (SSSR count). The summed E-state index contributed by atoms with van der Waals surface area (Å²) < 4.78 is 0. The smallest absolute Gasteiger partial charge is 0.164 e. The number of hydrogen-bond acceptors (Lipinski definition) is 2. The van der Waals surface area contributed by atoms with Crippen LogP contribution in [0.15, 0.2) is 0 Å². The van der Waals surface area contributed by atoms with Crippen LogP contribution in [0.4, 0.5) is 0 Å². The standard InChI is InChI=1S/C27H46O2/c1-18(2)8-6-9-19(3)21-11-12-22-20-13-17-27(29)24(28)10-7-15-26(27,5)23(20)14-16-25(21,22)4/h18-23,29H,6-17H2,1-5H3/t19-,20?,21?,22?,23?,25?,26?,27-/m1/s1. The van der Waals surface area contributed by atoms with E-state index in [-0.39, 0.29) is 11.2 Å². The number of Topliss-reactive ketones (excluding diaryl/α,β-unsaturated/α-hetero) is 1. The number of ketones is 1. The van der Waals surface area contributed by atoms with Crippen LogP contribution < -0.4 is 0 Å². The van der Waals surface area contributed by atoms with E-state index >= 15 is 0 Å². The Balaban J connectivity index is 1.51. The van der Waals surface area contributed by atoms with Gasteiger partial charge in [0.1, 0.15) is 5.60 Å². The number of aliphatic hydroxyl groups is 1. The number of carbonyl (C=O) groups is 1. The summed E-state index contributed by atoms with van der Waals surface area (Å²) in [6, 6.07) is 0. The van der Waals surface area contributed by atoms with Gasteiger partial charge in [0.05, 0.1) is 0 Å². The molecule has 0 spiro atoms. The summed E-state index contributed by atoms with van der Waals surface area (Å²) in [6.07, 6.45) is 13.9. The zero-order chi connectivity index (χ0) is 21.0. The highest BCUT2D eigenvalue weighted by Gasteiger charge is 2.66. The molecule has 4 fully saturated rings. The van der Waals surface area contributed by atoms with Gasteiger partial charge in [-0.2, -0.15) is 0 Å². The number of rotatable bonds is 5. The first-order valence-corrected chi connectivity index (χ1v) is 12.9. The van der Waals surface area contributed by atoms with Crippen molar-refractivity contribution in [3.05, 3.63) is 0 Å². The molecule has 4 aliphatic rings. The largest absolute Gasteiger partial charge is 0.381 e. The zero-order valence-corrected chi connectivity index (χ0v) is 19.8. The molecule has 29 heavy (non-hydrogen) atoms. The average molecular weight is 403 g/mol. The lowest BCUT2D eigenvalue weighted by Gasteiger charge is -2.62. The van der Waals surface area contributed by atoms with Crippen molar-refractivity contribution in [2.45, 2.75) is 117 Å². The number of fused-ring (bicyclic) bond motifs is 5. The molecule has 2 heteroatoms. The molecule has 8 atom stereocenters. The molecule has 0 heterocycles. The fraction of sp³-hybridized carbons (Fsp3) is 0.963. The van der Waals surface area contributed by atoms with Crippen molar-refractivity contribution in [3.8, 4) is 0 Å². The lowest BCUT2D eigenvalue weighted by molar-refractivity contribution is -0.203. The minimum atomic E-state index is -1.03. The van der Waals surface area contributed by atoms with Crippen molar-refractivity contribution in [1.29, 1.82) is 0 Å². The van der Waals surface area contributed by atoms with E-state index in [1.807, 2.05) is 0 Å². The Morgan fingerprint density at radius 3 is 2.45 bits per heavy atom. The zero-order valence-electron chi connectivity index (χ0n) is 19.8. The first-order chi connectivity index (χ1) is 13.6. The van der Waals surface area contributed by atoms with Crippen molar-refractivity contribution >= 4 is 5.78 Å². The quantitative estimate of drug-likeness (QED) is 0.549. The second-order valence-corrected chi connectivity index (χ2v) is 12.5. The highest BCUT2D eigenvalue weighted by molar-refractivity contribution is 5.89. The Bertz CT molecular complexity index is 626. The van der Waals surface area contributed by atoms with Crippen LogP contribution >= 0.6 is 0 Å². The third kappa shape index (κ3) is 3.26. The SMILES string of the molecule is CC(C)CCC[C@@H](C)C1CCC2C3CC[C@@]4(O)C(=O)CCCC4(C)C3CCC21C. The Kier molecular flexibility index (Phi) is 5.76. The van der Waals surface area contributed by atoms with E-state index in [1.165, 1.54) is 44.9 Å². The lowest BCUT2D eigenvalue weighted by atomic mass is 9.43. The van der Waals surface area contributed by atoms with Crippen LogP contribution in [-0.2, 0) is 4.79 Å². The molecule has 0 aromatic carbocycles.